The average Bonchev–Trinajstić information content (AvgIpc) is 2.84. The molecule has 0 aliphatic carbocycles. The van der Waals surface area contributed by atoms with Crippen LogP contribution in [0.15, 0.2) is 24.3 Å². The number of carbonyl (C=O) groups is 8. The van der Waals surface area contributed by atoms with Crippen LogP contribution < -0.4 is 25.8 Å². The Morgan fingerprint density at radius 1 is 0.539 bits per heavy atom. The Labute approximate surface area is 549 Å². The number of aromatic nitrogens is 3. The van der Waals surface area contributed by atoms with Gasteiger partial charge in [-0.25, -0.2) is 14.4 Å². The van der Waals surface area contributed by atoms with Gasteiger partial charge in [0.15, 0.2) is 0 Å². The quantitative estimate of drug-likeness (QED) is 0.0445. The number of hydrogen-bond acceptors (Lipinski definition) is 20. The van der Waals surface area contributed by atoms with E-state index in [2.05, 4.69) is 59.8 Å². The van der Waals surface area contributed by atoms with Crippen molar-refractivity contribution in [1.29, 1.82) is 0 Å². The summed E-state index contributed by atoms with van der Waals surface area (Å²) in [6.07, 6.45) is 13.7. The number of anilines is 2. The number of likely N-dealkylation sites (N-methyl/N-ethyl adjacent to an activating group) is 1. The minimum absolute atomic E-state index is 0. The number of urea groups is 1. The Bertz CT molecular complexity index is 2540. The monoisotopic (exact) mass is 1410 g/mol. The van der Waals surface area contributed by atoms with Crippen LogP contribution in [0.3, 0.4) is 0 Å². The summed E-state index contributed by atoms with van der Waals surface area (Å²) < 4.78 is 0. The normalized spacial score (nSPS) is 17.4. The van der Waals surface area contributed by atoms with Gasteiger partial charge in [0.2, 0.25) is 17.8 Å². The largest absolute Gasteiger partial charge is 0.481 e. The predicted octanol–water partition coefficient (Wildman–Crippen LogP) is 1.88. The van der Waals surface area contributed by atoms with Crippen molar-refractivity contribution < 1.29 is 115 Å². The van der Waals surface area contributed by atoms with Gasteiger partial charge in [-0.1, -0.05) is 62.8 Å². The van der Waals surface area contributed by atoms with Crippen molar-refractivity contribution in [3.8, 4) is 0 Å². The summed E-state index contributed by atoms with van der Waals surface area (Å²) in [7, 11) is 1.96. The van der Waals surface area contributed by atoms with Gasteiger partial charge in [-0.15, -0.1) is 0 Å². The van der Waals surface area contributed by atoms with Crippen LogP contribution in [0.2, 0.25) is 0 Å². The molecule has 3 saturated heterocycles. The van der Waals surface area contributed by atoms with Gasteiger partial charge in [0.25, 0.3) is 0 Å². The van der Waals surface area contributed by atoms with E-state index in [-0.39, 0.29) is 87.5 Å². The zero-order valence-corrected chi connectivity index (χ0v) is 52.9. The number of carbonyl (C=O) groups excluding carboxylic acids is 4. The molecule has 4 heterocycles. The van der Waals surface area contributed by atoms with E-state index in [4.69, 9.17) is 29.6 Å². The number of aliphatic carboxylic acids is 6. The summed E-state index contributed by atoms with van der Waals surface area (Å²) in [5.41, 5.74) is 2.06. The van der Waals surface area contributed by atoms with Gasteiger partial charge < -0.3 is 61.3 Å². The number of carboxylic acid groups (broad SMARTS) is 6. The van der Waals surface area contributed by atoms with E-state index in [1.165, 1.54) is 6.42 Å². The Balaban J connectivity index is 0.00000507. The molecule has 3 atom stereocenters. The van der Waals surface area contributed by atoms with Gasteiger partial charge in [0.05, 0.1) is 19.6 Å². The van der Waals surface area contributed by atoms with Crippen LogP contribution in [-0.2, 0) is 56.0 Å². The SMILES string of the molecule is CN1CCN(CC(=O)O)CCN(CC(=O)O)CCN(CC(=O)O)C(Cc2ccc(Cc3nc(N4CCCCC4)nc(N4CCN(CCCCCCCCCCC(=O)NCCCC[C@H](NC(=O)N[C@@H](CCC(=O)O)C(=O)O)C(=O)O)CC4)n3)cc2)C1.O=C=O.[Lu]. The molecule has 3 aliphatic rings. The standard InChI is InChI=1S/C58H93N13O14.CO2.Lu/c1-65-27-28-67(40-51(75)76)29-30-68(41-52(77)78)33-36-71(42-53(79)80)45(39-65)37-43-17-19-44(20-18-43)38-48-62-56(69-25-13-8-14-26-69)64-57(63-48)70-34-31-66(32-35-70)24-12-7-5-3-2-4-6-9-16-49(72)59-23-11-10-15-46(54(81)82)60-58(85)61-47(55(83)84)21-22-50(73)74;2-1-3;/h17-20,45-47H,2-16,21-42H2,1H3,(H,59,72)(H,73,74)(H,75,76)(H,77,78)(H,79,80)(H,81,82)(H,83,84)(H2,60,61,85);;/t45?,46-,47-;;/m0../s1. The van der Waals surface area contributed by atoms with E-state index in [0.717, 1.165) is 127 Å². The van der Waals surface area contributed by atoms with Crippen molar-refractivity contribution in [3.05, 3.63) is 41.2 Å². The topological polar surface area (TPSA) is 390 Å². The molecule has 9 N–H and O–H groups in total. The van der Waals surface area contributed by atoms with E-state index >= 15 is 0 Å². The van der Waals surface area contributed by atoms with Crippen LogP contribution in [0.4, 0.5) is 16.7 Å². The number of piperazine rings is 1. The molecule has 0 spiro atoms. The van der Waals surface area contributed by atoms with Crippen LogP contribution in [0.5, 0.6) is 0 Å². The van der Waals surface area contributed by atoms with Gasteiger partial charge in [-0.3, -0.25) is 43.6 Å². The number of hydrogen-bond donors (Lipinski definition) is 9. The van der Waals surface area contributed by atoms with Crippen LogP contribution in [-0.4, -0.2) is 267 Å². The summed E-state index contributed by atoms with van der Waals surface area (Å²) >= 11 is 0. The van der Waals surface area contributed by atoms with Gasteiger partial charge in [0, 0.05) is 154 Å². The minimum Gasteiger partial charge on any atom is -0.481 e. The number of rotatable bonds is 35. The Morgan fingerprint density at radius 2 is 1.03 bits per heavy atom. The number of nitrogens with one attached hydrogen (secondary N) is 3. The average molecular weight is 1420 g/mol. The van der Waals surface area contributed by atoms with Crippen molar-refractivity contribution >= 4 is 65.8 Å². The molecule has 3 fully saturated rings. The first-order valence-electron chi connectivity index (χ1n) is 30.8. The van der Waals surface area contributed by atoms with Crippen LogP contribution >= 0.6 is 0 Å². The van der Waals surface area contributed by atoms with E-state index in [1.807, 2.05) is 16.8 Å². The van der Waals surface area contributed by atoms with Crippen LogP contribution in [0.1, 0.15) is 126 Å². The van der Waals surface area contributed by atoms with Crippen molar-refractivity contribution in [3.63, 3.8) is 0 Å². The first kappa shape index (κ1) is 77.0. The third kappa shape index (κ3) is 32.4. The molecule has 1 radical (unpaired) electrons. The van der Waals surface area contributed by atoms with Crippen molar-refractivity contribution in [2.24, 2.45) is 0 Å². The molecule has 1 aromatic carbocycles. The van der Waals surface area contributed by atoms with Gasteiger partial charge in [-0.2, -0.15) is 24.5 Å². The summed E-state index contributed by atoms with van der Waals surface area (Å²) in [4.78, 5) is 140. The molecule has 1 unspecified atom stereocenters. The molecular weight excluding hydrogens is 1320 g/mol. The summed E-state index contributed by atoms with van der Waals surface area (Å²) in [6, 6.07) is 4.30. The van der Waals surface area contributed by atoms with Gasteiger partial charge in [-0.05, 0) is 88.9 Å². The number of carboxylic acids is 6. The third-order valence-corrected chi connectivity index (χ3v) is 15.9. The summed E-state index contributed by atoms with van der Waals surface area (Å²) in [6.45, 7) is 8.99. The summed E-state index contributed by atoms with van der Waals surface area (Å²) in [5, 5.41) is 63.9. The molecule has 3 amide bonds. The number of unbranched alkanes of at least 4 members (excludes halogenated alkanes) is 8. The maximum atomic E-state index is 12.4. The molecule has 0 saturated carbocycles. The van der Waals surface area contributed by atoms with E-state index in [1.54, 1.807) is 4.90 Å². The first-order chi connectivity index (χ1) is 42.2. The predicted molar refractivity (Wildman–Crippen MR) is 321 cm³/mol. The number of piperidine rings is 1. The molecule has 89 heavy (non-hydrogen) atoms. The fourth-order valence-corrected chi connectivity index (χ4v) is 11.0. The molecule has 5 rings (SSSR count). The van der Waals surface area contributed by atoms with E-state index in [9.17, 15) is 63.9 Å². The number of nitrogens with zero attached hydrogens (tertiary/aromatic N) is 10. The zero-order chi connectivity index (χ0) is 64.2. The second kappa shape index (κ2) is 43.5. The second-order valence-electron chi connectivity index (χ2n) is 22.9. The fraction of sp³-hybridized carbons (Fsp3) is 0.695. The Morgan fingerprint density at radius 3 is 1.58 bits per heavy atom. The smallest absolute Gasteiger partial charge is 0.373 e. The van der Waals surface area contributed by atoms with Gasteiger partial charge >= 0.3 is 48.0 Å². The van der Waals surface area contributed by atoms with Crippen LogP contribution in [0, 0.1) is 36.9 Å². The van der Waals surface area contributed by atoms with Crippen molar-refractivity contribution in [2.45, 2.75) is 140 Å². The zero-order valence-electron chi connectivity index (χ0n) is 51.2. The summed E-state index contributed by atoms with van der Waals surface area (Å²) in [5.74, 6) is -4.81. The second-order valence-corrected chi connectivity index (χ2v) is 22.9. The van der Waals surface area contributed by atoms with Crippen molar-refractivity contribution in [2.75, 3.05) is 135 Å². The molecule has 505 valence electrons. The third-order valence-electron chi connectivity index (χ3n) is 15.9. The maximum absolute atomic E-state index is 12.4. The molecule has 29 nitrogen and oxygen atoms in total. The molecule has 2 aromatic rings. The Hall–Kier alpha value is -6.20. The van der Waals surface area contributed by atoms with E-state index < -0.39 is 60.4 Å². The van der Waals surface area contributed by atoms with E-state index in [0.29, 0.717) is 96.2 Å². The van der Waals surface area contributed by atoms with Crippen molar-refractivity contribution in [1.82, 2.24) is 55.4 Å². The number of benzene rings is 1. The molecule has 0 bridgehead atoms. The Kier molecular flexibility index (Phi) is 37.7. The first-order valence-corrected chi connectivity index (χ1v) is 30.8. The molecule has 30 heteroatoms. The molecular formula is C59H93LuN13O16. The van der Waals surface area contributed by atoms with Gasteiger partial charge in [0.1, 0.15) is 17.9 Å². The molecule has 1 aromatic heterocycles. The maximum Gasteiger partial charge on any atom is 0.373 e. The molecule has 3 aliphatic heterocycles. The fourth-order valence-electron chi connectivity index (χ4n) is 11.0. The number of amides is 3. The minimum atomic E-state index is -1.48. The van der Waals surface area contributed by atoms with Crippen LogP contribution in [0.25, 0.3) is 0 Å².